The number of nitrogens with one attached hydrogen (secondary N) is 1. The van der Waals surface area contributed by atoms with Crippen molar-refractivity contribution in [3.05, 3.63) is 23.7 Å². The summed E-state index contributed by atoms with van der Waals surface area (Å²) in [5.74, 6) is 3.11. The van der Waals surface area contributed by atoms with Crippen molar-refractivity contribution >= 4 is 0 Å². The molecule has 2 aliphatic carbocycles. The van der Waals surface area contributed by atoms with Crippen molar-refractivity contribution < 1.29 is 4.42 Å². The van der Waals surface area contributed by atoms with Crippen LogP contribution in [0.2, 0.25) is 0 Å². The topological polar surface area (TPSA) is 25.2 Å². The second-order valence-electron chi connectivity index (χ2n) is 5.69. The Balaban J connectivity index is 1.55. The first-order chi connectivity index (χ1) is 7.70. The van der Waals surface area contributed by atoms with E-state index in [1.54, 1.807) is 0 Å². The second kappa shape index (κ2) is 3.63. The highest BCUT2D eigenvalue weighted by Crippen LogP contribution is 2.60. The lowest BCUT2D eigenvalue weighted by molar-refractivity contribution is 0.352. The minimum absolute atomic E-state index is 0.352. The molecule has 0 bridgehead atoms. The molecule has 1 unspecified atom stereocenters. The molecule has 2 nitrogen and oxygen atoms in total. The van der Waals surface area contributed by atoms with Crippen molar-refractivity contribution in [3.8, 4) is 0 Å². The monoisotopic (exact) mass is 219 g/mol. The van der Waals surface area contributed by atoms with E-state index in [4.69, 9.17) is 4.42 Å². The van der Waals surface area contributed by atoms with Crippen LogP contribution in [0.1, 0.15) is 50.2 Å². The summed E-state index contributed by atoms with van der Waals surface area (Å²) in [7, 11) is 0. The standard InChI is InChI=1S/C14H21NO/c1-10-3-6-13(16-10)11(2)15-9-14(7-8-14)12-4-5-12/h3,6,11-12,15H,4-5,7-9H2,1-2H3. The van der Waals surface area contributed by atoms with Gasteiger partial charge in [0.1, 0.15) is 11.5 Å². The Morgan fingerprint density at radius 3 is 2.69 bits per heavy atom. The van der Waals surface area contributed by atoms with Crippen LogP contribution in [-0.4, -0.2) is 6.54 Å². The van der Waals surface area contributed by atoms with Crippen LogP contribution in [0.15, 0.2) is 16.5 Å². The zero-order valence-electron chi connectivity index (χ0n) is 10.3. The summed E-state index contributed by atoms with van der Waals surface area (Å²) in [5.41, 5.74) is 0.676. The summed E-state index contributed by atoms with van der Waals surface area (Å²) in [4.78, 5) is 0. The van der Waals surface area contributed by atoms with E-state index < -0.39 is 0 Å². The maximum Gasteiger partial charge on any atom is 0.120 e. The first kappa shape index (κ1) is 10.4. The van der Waals surface area contributed by atoms with Gasteiger partial charge < -0.3 is 9.73 Å². The van der Waals surface area contributed by atoms with Crippen molar-refractivity contribution in [2.45, 2.75) is 45.6 Å². The Morgan fingerprint density at radius 1 is 1.44 bits per heavy atom. The zero-order chi connectivity index (χ0) is 11.2. The van der Waals surface area contributed by atoms with Crippen LogP contribution < -0.4 is 5.32 Å². The summed E-state index contributed by atoms with van der Waals surface area (Å²) in [6.07, 6.45) is 5.81. The molecule has 1 aromatic rings. The number of rotatable bonds is 5. The van der Waals surface area contributed by atoms with Crippen LogP contribution in [-0.2, 0) is 0 Å². The van der Waals surface area contributed by atoms with Crippen molar-refractivity contribution in [3.63, 3.8) is 0 Å². The molecule has 2 aliphatic rings. The number of furan rings is 1. The fourth-order valence-corrected chi connectivity index (χ4v) is 2.73. The minimum Gasteiger partial charge on any atom is -0.465 e. The minimum atomic E-state index is 0.352. The summed E-state index contributed by atoms with van der Waals surface area (Å²) in [6.45, 7) is 5.38. The summed E-state index contributed by atoms with van der Waals surface area (Å²) < 4.78 is 5.64. The molecule has 0 saturated heterocycles. The molecule has 0 amide bonds. The van der Waals surface area contributed by atoms with Gasteiger partial charge in [-0.25, -0.2) is 0 Å². The average Bonchev–Trinajstić information content (AvgIpc) is 3.14. The fourth-order valence-electron chi connectivity index (χ4n) is 2.73. The maximum atomic E-state index is 5.64. The van der Waals surface area contributed by atoms with E-state index in [0.717, 1.165) is 17.4 Å². The lowest BCUT2D eigenvalue weighted by Crippen LogP contribution is -2.27. The largest absolute Gasteiger partial charge is 0.465 e. The van der Waals surface area contributed by atoms with Crippen molar-refractivity contribution in [1.29, 1.82) is 0 Å². The molecule has 1 N–H and O–H groups in total. The van der Waals surface area contributed by atoms with E-state index in [-0.39, 0.29) is 0 Å². The van der Waals surface area contributed by atoms with Crippen LogP contribution in [0.25, 0.3) is 0 Å². The van der Waals surface area contributed by atoms with Gasteiger partial charge in [0.25, 0.3) is 0 Å². The quantitative estimate of drug-likeness (QED) is 0.820. The molecule has 16 heavy (non-hydrogen) atoms. The molecular formula is C14H21NO. The molecule has 2 heteroatoms. The van der Waals surface area contributed by atoms with E-state index in [1.807, 2.05) is 13.0 Å². The Kier molecular flexibility index (Phi) is 2.36. The van der Waals surface area contributed by atoms with Crippen molar-refractivity contribution in [2.24, 2.45) is 11.3 Å². The molecule has 1 aromatic heterocycles. The van der Waals surface area contributed by atoms with E-state index in [1.165, 1.54) is 32.2 Å². The third-order valence-corrected chi connectivity index (χ3v) is 4.28. The number of aryl methyl sites for hydroxylation is 1. The first-order valence-electron chi connectivity index (χ1n) is 6.49. The Labute approximate surface area is 97.4 Å². The Bertz CT molecular complexity index is 374. The highest BCUT2D eigenvalue weighted by molar-refractivity contribution is 5.10. The third kappa shape index (κ3) is 1.91. The van der Waals surface area contributed by atoms with E-state index in [2.05, 4.69) is 18.3 Å². The summed E-state index contributed by atoms with van der Waals surface area (Å²) >= 11 is 0. The summed E-state index contributed by atoms with van der Waals surface area (Å²) in [6, 6.07) is 4.48. The molecular weight excluding hydrogens is 198 g/mol. The van der Waals surface area contributed by atoms with Gasteiger partial charge in [-0.2, -0.15) is 0 Å². The molecule has 0 radical (unpaired) electrons. The third-order valence-electron chi connectivity index (χ3n) is 4.28. The van der Waals surface area contributed by atoms with E-state index >= 15 is 0 Å². The number of hydrogen-bond acceptors (Lipinski definition) is 2. The van der Waals surface area contributed by atoms with E-state index in [0.29, 0.717) is 11.5 Å². The highest BCUT2D eigenvalue weighted by Gasteiger charge is 2.53. The lowest BCUT2D eigenvalue weighted by atomic mass is 10.0. The molecule has 88 valence electrons. The predicted molar refractivity (Wildman–Crippen MR) is 64.3 cm³/mol. The van der Waals surface area contributed by atoms with Crippen LogP contribution in [0.5, 0.6) is 0 Å². The number of hydrogen-bond donors (Lipinski definition) is 1. The smallest absolute Gasteiger partial charge is 0.120 e. The average molecular weight is 219 g/mol. The van der Waals surface area contributed by atoms with Crippen LogP contribution >= 0.6 is 0 Å². The first-order valence-corrected chi connectivity index (χ1v) is 6.49. The highest BCUT2D eigenvalue weighted by atomic mass is 16.3. The fraction of sp³-hybridized carbons (Fsp3) is 0.714. The molecule has 0 spiro atoms. The zero-order valence-corrected chi connectivity index (χ0v) is 10.3. The van der Waals surface area contributed by atoms with Gasteiger partial charge in [0.05, 0.1) is 6.04 Å². The van der Waals surface area contributed by atoms with Gasteiger partial charge in [-0.15, -0.1) is 0 Å². The molecule has 1 heterocycles. The lowest BCUT2D eigenvalue weighted by Gasteiger charge is -2.18. The van der Waals surface area contributed by atoms with Crippen LogP contribution in [0.4, 0.5) is 0 Å². The van der Waals surface area contributed by atoms with Crippen LogP contribution in [0, 0.1) is 18.3 Å². The van der Waals surface area contributed by atoms with E-state index in [9.17, 15) is 0 Å². The van der Waals surface area contributed by atoms with Gasteiger partial charge in [-0.05, 0) is 63.0 Å². The molecule has 0 aromatic carbocycles. The van der Waals surface area contributed by atoms with Gasteiger partial charge in [0.2, 0.25) is 0 Å². The molecule has 3 rings (SSSR count). The normalized spacial score (nSPS) is 24.4. The van der Waals surface area contributed by atoms with Gasteiger partial charge in [0, 0.05) is 6.54 Å². The molecule has 1 atom stereocenters. The predicted octanol–water partition coefficient (Wildman–Crippen LogP) is 3.43. The second-order valence-corrected chi connectivity index (χ2v) is 5.69. The maximum absolute atomic E-state index is 5.64. The SMILES string of the molecule is Cc1ccc(C(C)NCC2(C3CC3)CC2)o1. The Hall–Kier alpha value is -0.760. The van der Waals surface area contributed by atoms with Crippen molar-refractivity contribution in [2.75, 3.05) is 6.54 Å². The van der Waals surface area contributed by atoms with Gasteiger partial charge >= 0.3 is 0 Å². The van der Waals surface area contributed by atoms with Gasteiger partial charge in [0.15, 0.2) is 0 Å². The van der Waals surface area contributed by atoms with Gasteiger partial charge in [-0.1, -0.05) is 0 Å². The molecule has 0 aliphatic heterocycles. The molecule has 2 fully saturated rings. The van der Waals surface area contributed by atoms with Crippen molar-refractivity contribution in [1.82, 2.24) is 5.32 Å². The van der Waals surface area contributed by atoms with Crippen LogP contribution in [0.3, 0.4) is 0 Å². The molecule has 2 saturated carbocycles. The Morgan fingerprint density at radius 2 is 2.19 bits per heavy atom. The summed E-state index contributed by atoms with van der Waals surface area (Å²) in [5, 5.41) is 3.64. The van der Waals surface area contributed by atoms with Gasteiger partial charge in [-0.3, -0.25) is 0 Å².